The molecule has 0 bridgehead atoms. The second-order valence-electron chi connectivity index (χ2n) is 4.81. The van der Waals surface area contributed by atoms with E-state index in [-0.39, 0.29) is 5.56 Å². The van der Waals surface area contributed by atoms with Crippen molar-refractivity contribution in [2.45, 2.75) is 6.42 Å². The maximum atomic E-state index is 13.9. The Hall–Kier alpha value is -2.69. The van der Waals surface area contributed by atoms with Crippen LogP contribution in [0.5, 0.6) is 5.75 Å². The van der Waals surface area contributed by atoms with E-state index in [9.17, 15) is 9.18 Å². The fourth-order valence-electron chi connectivity index (χ4n) is 2.51. The Bertz CT molecular complexity index is 755. The lowest BCUT2D eigenvalue weighted by molar-refractivity contribution is 0.103. The van der Waals surface area contributed by atoms with Crippen LogP contribution in [0.4, 0.5) is 4.39 Å². The van der Waals surface area contributed by atoms with Gasteiger partial charge in [0.15, 0.2) is 5.78 Å². The fourth-order valence-corrected chi connectivity index (χ4v) is 2.51. The molecule has 2 aromatic rings. The minimum atomic E-state index is -0.549. The summed E-state index contributed by atoms with van der Waals surface area (Å²) in [6.45, 7) is 0.465. The van der Waals surface area contributed by atoms with E-state index in [4.69, 9.17) is 9.57 Å². The molecule has 1 aliphatic heterocycles. The van der Waals surface area contributed by atoms with Gasteiger partial charge in [0.25, 0.3) is 0 Å². The molecule has 0 atom stereocenters. The van der Waals surface area contributed by atoms with E-state index in [0.717, 1.165) is 0 Å². The van der Waals surface area contributed by atoms with Crippen LogP contribution in [-0.4, -0.2) is 25.2 Å². The Morgan fingerprint density at radius 2 is 1.95 bits per heavy atom. The van der Waals surface area contributed by atoms with Gasteiger partial charge in [0, 0.05) is 12.0 Å². The Balaban J connectivity index is 2.15. The number of nitrogens with zero attached hydrogens (tertiary/aromatic N) is 1. The Labute approximate surface area is 127 Å². The van der Waals surface area contributed by atoms with E-state index in [2.05, 4.69) is 5.16 Å². The molecule has 0 radical (unpaired) electrons. The summed E-state index contributed by atoms with van der Waals surface area (Å²) >= 11 is 0. The third-order valence-electron chi connectivity index (χ3n) is 3.48. The van der Waals surface area contributed by atoms with Gasteiger partial charge in [0.2, 0.25) is 0 Å². The van der Waals surface area contributed by atoms with Crippen LogP contribution < -0.4 is 4.74 Å². The average molecular weight is 299 g/mol. The molecule has 1 aliphatic rings. The first-order valence-corrected chi connectivity index (χ1v) is 6.88. The number of oxime groups is 1. The van der Waals surface area contributed by atoms with Crippen molar-refractivity contribution in [3.05, 3.63) is 65.0 Å². The summed E-state index contributed by atoms with van der Waals surface area (Å²) in [6, 6.07) is 11.0. The maximum Gasteiger partial charge on any atom is 0.196 e. The normalized spacial score (nSPS) is 15.1. The largest absolute Gasteiger partial charge is 0.492 e. The predicted molar refractivity (Wildman–Crippen MR) is 79.9 cm³/mol. The Morgan fingerprint density at radius 1 is 1.18 bits per heavy atom. The number of hydrogen-bond donors (Lipinski definition) is 0. The molecule has 0 amide bonds. The molecule has 5 heteroatoms. The van der Waals surface area contributed by atoms with Crippen LogP contribution in [0.1, 0.15) is 27.9 Å². The van der Waals surface area contributed by atoms with Crippen molar-refractivity contribution >= 4 is 11.5 Å². The van der Waals surface area contributed by atoms with Crippen LogP contribution in [0, 0.1) is 5.82 Å². The number of benzene rings is 2. The van der Waals surface area contributed by atoms with Gasteiger partial charge in [0.05, 0.1) is 23.4 Å². The molecule has 0 aromatic heterocycles. The van der Waals surface area contributed by atoms with Crippen LogP contribution >= 0.6 is 0 Å². The summed E-state index contributed by atoms with van der Waals surface area (Å²) < 4.78 is 19.5. The first-order valence-electron chi connectivity index (χ1n) is 6.88. The van der Waals surface area contributed by atoms with Gasteiger partial charge in [-0.2, -0.15) is 0 Å². The second kappa shape index (κ2) is 5.97. The number of fused-ring (bicyclic) bond motifs is 1. The van der Waals surface area contributed by atoms with Crippen molar-refractivity contribution in [3.63, 3.8) is 0 Å². The molecule has 0 saturated heterocycles. The van der Waals surface area contributed by atoms with E-state index in [1.807, 2.05) is 0 Å². The van der Waals surface area contributed by atoms with Crippen LogP contribution in [0.15, 0.2) is 47.6 Å². The molecule has 1 heterocycles. The number of halogens is 1. The first-order chi connectivity index (χ1) is 10.7. The molecule has 22 heavy (non-hydrogen) atoms. The minimum absolute atomic E-state index is 0.0261. The predicted octanol–water partition coefficient (Wildman–Crippen LogP) is 3.19. The van der Waals surface area contributed by atoms with Crippen molar-refractivity contribution in [2.75, 3.05) is 13.7 Å². The third kappa shape index (κ3) is 2.45. The monoisotopic (exact) mass is 299 g/mol. The third-order valence-corrected chi connectivity index (χ3v) is 3.48. The van der Waals surface area contributed by atoms with Crippen LogP contribution in [0.25, 0.3) is 0 Å². The van der Waals surface area contributed by atoms with Crippen molar-refractivity contribution in [1.82, 2.24) is 0 Å². The van der Waals surface area contributed by atoms with Crippen molar-refractivity contribution in [1.29, 1.82) is 0 Å². The van der Waals surface area contributed by atoms with Gasteiger partial charge in [-0.1, -0.05) is 29.4 Å². The summed E-state index contributed by atoms with van der Waals surface area (Å²) in [5.74, 6) is -0.388. The molecular formula is C17H14FNO3. The number of hydrogen-bond acceptors (Lipinski definition) is 4. The molecule has 112 valence electrons. The van der Waals surface area contributed by atoms with Gasteiger partial charge in [-0.3, -0.25) is 4.79 Å². The molecule has 0 fully saturated rings. The lowest BCUT2D eigenvalue weighted by Crippen LogP contribution is -2.21. The van der Waals surface area contributed by atoms with E-state index >= 15 is 0 Å². The van der Waals surface area contributed by atoms with Crippen LogP contribution in [0.2, 0.25) is 0 Å². The summed E-state index contributed by atoms with van der Waals surface area (Å²) in [7, 11) is 1.45. The zero-order valence-electron chi connectivity index (χ0n) is 12.0. The molecule has 0 spiro atoms. The van der Waals surface area contributed by atoms with Crippen LogP contribution in [0.3, 0.4) is 0 Å². The molecule has 0 saturated carbocycles. The number of carbonyl (C=O) groups is 1. The number of carbonyl (C=O) groups excluding carboxylic acids is 1. The van der Waals surface area contributed by atoms with Gasteiger partial charge >= 0.3 is 0 Å². The van der Waals surface area contributed by atoms with Gasteiger partial charge in [-0.15, -0.1) is 0 Å². The summed E-state index contributed by atoms with van der Waals surface area (Å²) in [5.41, 5.74) is 1.59. The fraction of sp³-hybridized carbons (Fsp3) is 0.176. The van der Waals surface area contributed by atoms with E-state index in [1.54, 1.807) is 30.3 Å². The zero-order valence-corrected chi connectivity index (χ0v) is 12.0. The van der Waals surface area contributed by atoms with E-state index in [0.29, 0.717) is 35.6 Å². The highest BCUT2D eigenvalue weighted by molar-refractivity contribution is 6.18. The standard InChI is InChI=1S/C17H14FNO3/c1-21-19-14-9-10-22-15-8-4-6-12(16(14)15)17(20)11-5-2-3-7-13(11)18/h2-8H,9-10H2,1H3/b19-14+. The van der Waals surface area contributed by atoms with Gasteiger partial charge in [-0.05, 0) is 18.2 Å². The summed E-state index contributed by atoms with van der Waals surface area (Å²) in [5, 5.41) is 3.97. The molecule has 0 aliphatic carbocycles. The van der Waals surface area contributed by atoms with Gasteiger partial charge in [-0.25, -0.2) is 4.39 Å². The Morgan fingerprint density at radius 3 is 2.73 bits per heavy atom. The molecule has 2 aromatic carbocycles. The highest BCUT2D eigenvalue weighted by Gasteiger charge is 2.26. The van der Waals surface area contributed by atoms with Gasteiger partial charge < -0.3 is 9.57 Å². The van der Waals surface area contributed by atoms with Crippen molar-refractivity contribution < 1.29 is 18.8 Å². The molecule has 4 nitrogen and oxygen atoms in total. The molecule has 0 N–H and O–H groups in total. The van der Waals surface area contributed by atoms with Crippen molar-refractivity contribution in [2.24, 2.45) is 5.16 Å². The first kappa shape index (κ1) is 14.3. The minimum Gasteiger partial charge on any atom is -0.492 e. The van der Waals surface area contributed by atoms with Crippen LogP contribution in [-0.2, 0) is 4.84 Å². The number of ketones is 1. The second-order valence-corrected chi connectivity index (χ2v) is 4.81. The molecular weight excluding hydrogens is 285 g/mol. The maximum absolute atomic E-state index is 13.9. The SMILES string of the molecule is CO/N=C1\CCOc2cccc(C(=O)c3ccccc3F)c21. The average Bonchev–Trinajstić information content (AvgIpc) is 2.55. The van der Waals surface area contributed by atoms with Gasteiger partial charge in [0.1, 0.15) is 18.7 Å². The highest BCUT2D eigenvalue weighted by atomic mass is 19.1. The highest BCUT2D eigenvalue weighted by Crippen LogP contribution is 2.30. The Kier molecular flexibility index (Phi) is 3.87. The molecule has 3 rings (SSSR count). The summed E-state index contributed by atoms with van der Waals surface area (Å²) in [4.78, 5) is 17.5. The van der Waals surface area contributed by atoms with E-state index < -0.39 is 11.6 Å². The quantitative estimate of drug-likeness (QED) is 0.646. The lowest BCUT2D eigenvalue weighted by Gasteiger charge is -2.21. The number of rotatable bonds is 3. The lowest BCUT2D eigenvalue weighted by atomic mass is 9.92. The van der Waals surface area contributed by atoms with Crippen molar-refractivity contribution in [3.8, 4) is 5.75 Å². The smallest absolute Gasteiger partial charge is 0.196 e. The topological polar surface area (TPSA) is 47.9 Å². The molecule has 0 unspecified atom stereocenters. The number of ether oxygens (including phenoxy) is 1. The van der Waals surface area contributed by atoms with E-state index in [1.165, 1.54) is 19.2 Å². The summed E-state index contributed by atoms with van der Waals surface area (Å²) in [6.07, 6.45) is 0.530. The zero-order chi connectivity index (χ0) is 15.5.